The van der Waals surface area contributed by atoms with E-state index in [2.05, 4.69) is 9.97 Å². The third-order valence-electron chi connectivity index (χ3n) is 2.49. The van der Waals surface area contributed by atoms with Gasteiger partial charge in [0, 0.05) is 0 Å². The van der Waals surface area contributed by atoms with Crippen molar-refractivity contribution in [3.05, 3.63) is 42.2 Å². The van der Waals surface area contributed by atoms with E-state index < -0.39 is 0 Å². The van der Waals surface area contributed by atoms with E-state index in [0.29, 0.717) is 24.9 Å². The third-order valence-corrected chi connectivity index (χ3v) is 2.49. The first kappa shape index (κ1) is 13.3. The quantitative estimate of drug-likeness (QED) is 0.860. The monoisotopic (exact) mass is 259 g/mol. The molecule has 5 heteroatoms. The predicted octanol–water partition coefficient (Wildman–Crippen LogP) is 2.17. The van der Waals surface area contributed by atoms with E-state index >= 15 is 0 Å². The SMILES string of the molecule is CCOc1cc(Oc2ccc(CCN)cc2)ncn1. The van der Waals surface area contributed by atoms with Crippen LogP contribution in [0, 0.1) is 0 Å². The molecule has 0 aliphatic carbocycles. The van der Waals surface area contributed by atoms with Crippen LogP contribution in [0.15, 0.2) is 36.7 Å². The zero-order chi connectivity index (χ0) is 13.5. The highest BCUT2D eigenvalue weighted by Gasteiger charge is 2.02. The molecule has 5 nitrogen and oxygen atoms in total. The molecule has 0 saturated heterocycles. The number of ether oxygens (including phenoxy) is 2. The van der Waals surface area contributed by atoms with Crippen molar-refractivity contribution in [2.75, 3.05) is 13.2 Å². The molecule has 0 unspecified atom stereocenters. The summed E-state index contributed by atoms with van der Waals surface area (Å²) in [6, 6.07) is 9.44. The Bertz CT molecular complexity index is 514. The molecule has 2 aromatic rings. The van der Waals surface area contributed by atoms with Crippen molar-refractivity contribution in [3.8, 4) is 17.5 Å². The summed E-state index contributed by atoms with van der Waals surface area (Å²) in [7, 11) is 0. The highest BCUT2D eigenvalue weighted by atomic mass is 16.5. The standard InChI is InChI=1S/C14H17N3O2/c1-2-18-13-9-14(17-10-16-13)19-12-5-3-11(4-6-12)7-8-15/h3-6,9-10H,2,7-8,15H2,1H3. The molecule has 0 aliphatic heterocycles. The summed E-state index contributed by atoms with van der Waals surface area (Å²) in [5.74, 6) is 1.69. The largest absolute Gasteiger partial charge is 0.478 e. The molecule has 0 atom stereocenters. The minimum Gasteiger partial charge on any atom is -0.478 e. The molecule has 2 rings (SSSR count). The van der Waals surface area contributed by atoms with Crippen LogP contribution >= 0.6 is 0 Å². The summed E-state index contributed by atoms with van der Waals surface area (Å²) in [6.45, 7) is 3.10. The lowest BCUT2D eigenvalue weighted by molar-refractivity contribution is 0.322. The van der Waals surface area contributed by atoms with Crippen molar-refractivity contribution in [1.82, 2.24) is 9.97 Å². The van der Waals surface area contributed by atoms with Gasteiger partial charge in [-0.25, -0.2) is 9.97 Å². The Labute approximate surface area is 112 Å². The van der Waals surface area contributed by atoms with E-state index in [1.807, 2.05) is 31.2 Å². The highest BCUT2D eigenvalue weighted by Crippen LogP contribution is 2.21. The van der Waals surface area contributed by atoms with E-state index in [4.69, 9.17) is 15.2 Å². The van der Waals surface area contributed by atoms with E-state index in [1.54, 1.807) is 6.07 Å². The maximum atomic E-state index is 5.64. The molecule has 1 heterocycles. The van der Waals surface area contributed by atoms with Crippen molar-refractivity contribution in [2.45, 2.75) is 13.3 Å². The van der Waals surface area contributed by atoms with Crippen LogP contribution in [-0.2, 0) is 6.42 Å². The minimum absolute atomic E-state index is 0.463. The lowest BCUT2D eigenvalue weighted by atomic mass is 10.1. The van der Waals surface area contributed by atoms with Gasteiger partial charge in [-0.2, -0.15) is 0 Å². The van der Waals surface area contributed by atoms with Gasteiger partial charge in [-0.1, -0.05) is 12.1 Å². The predicted molar refractivity (Wildman–Crippen MR) is 72.5 cm³/mol. The Morgan fingerprint density at radius 1 is 1.11 bits per heavy atom. The summed E-state index contributed by atoms with van der Waals surface area (Å²) in [4.78, 5) is 8.02. The maximum Gasteiger partial charge on any atom is 0.226 e. The molecule has 2 N–H and O–H groups in total. The molecule has 1 aromatic heterocycles. The first-order valence-corrected chi connectivity index (χ1v) is 6.23. The van der Waals surface area contributed by atoms with Gasteiger partial charge in [-0.15, -0.1) is 0 Å². The number of rotatable bonds is 6. The van der Waals surface area contributed by atoms with Gasteiger partial charge >= 0.3 is 0 Å². The Balaban J connectivity index is 2.05. The number of benzene rings is 1. The minimum atomic E-state index is 0.463. The summed E-state index contributed by atoms with van der Waals surface area (Å²) in [5.41, 5.74) is 6.69. The fourth-order valence-electron chi connectivity index (χ4n) is 1.62. The normalized spacial score (nSPS) is 10.2. The van der Waals surface area contributed by atoms with E-state index in [0.717, 1.165) is 12.2 Å². The van der Waals surface area contributed by atoms with Gasteiger partial charge in [0.15, 0.2) is 0 Å². The Morgan fingerprint density at radius 2 is 1.84 bits per heavy atom. The third kappa shape index (κ3) is 3.93. The number of nitrogens with zero attached hydrogens (tertiary/aromatic N) is 2. The molecule has 0 radical (unpaired) electrons. The lowest BCUT2D eigenvalue weighted by Crippen LogP contribution is -2.02. The zero-order valence-corrected chi connectivity index (χ0v) is 10.9. The van der Waals surface area contributed by atoms with Crippen LogP contribution in [-0.4, -0.2) is 23.1 Å². The molecular formula is C14H17N3O2. The van der Waals surface area contributed by atoms with Crippen molar-refractivity contribution in [2.24, 2.45) is 5.73 Å². The molecule has 0 amide bonds. The Kier molecular flexibility index (Phi) is 4.69. The van der Waals surface area contributed by atoms with Crippen molar-refractivity contribution in [1.29, 1.82) is 0 Å². The average molecular weight is 259 g/mol. The van der Waals surface area contributed by atoms with Crippen molar-refractivity contribution in [3.63, 3.8) is 0 Å². The van der Waals surface area contributed by atoms with Crippen molar-refractivity contribution >= 4 is 0 Å². The highest BCUT2D eigenvalue weighted by molar-refractivity contribution is 5.31. The molecule has 0 spiro atoms. The summed E-state index contributed by atoms with van der Waals surface area (Å²) in [5, 5.41) is 0. The molecule has 0 fully saturated rings. The first-order valence-electron chi connectivity index (χ1n) is 6.23. The number of hydrogen-bond acceptors (Lipinski definition) is 5. The molecule has 0 saturated carbocycles. The van der Waals surface area contributed by atoms with Crippen LogP contribution in [0.5, 0.6) is 17.5 Å². The van der Waals surface area contributed by atoms with Crippen LogP contribution in [0.4, 0.5) is 0 Å². The van der Waals surface area contributed by atoms with Gasteiger partial charge in [0.05, 0.1) is 12.7 Å². The molecular weight excluding hydrogens is 242 g/mol. The Hall–Kier alpha value is -2.14. The molecule has 19 heavy (non-hydrogen) atoms. The van der Waals surface area contributed by atoms with Gasteiger partial charge in [-0.3, -0.25) is 0 Å². The van der Waals surface area contributed by atoms with Crippen LogP contribution in [0.1, 0.15) is 12.5 Å². The lowest BCUT2D eigenvalue weighted by Gasteiger charge is -2.07. The second kappa shape index (κ2) is 6.70. The van der Waals surface area contributed by atoms with Crippen LogP contribution in [0.25, 0.3) is 0 Å². The van der Waals surface area contributed by atoms with Crippen molar-refractivity contribution < 1.29 is 9.47 Å². The van der Waals surface area contributed by atoms with Gasteiger partial charge in [0.2, 0.25) is 11.8 Å². The molecule has 1 aromatic carbocycles. The first-order chi connectivity index (χ1) is 9.31. The second-order valence-corrected chi connectivity index (χ2v) is 3.91. The Morgan fingerprint density at radius 3 is 2.53 bits per heavy atom. The summed E-state index contributed by atoms with van der Waals surface area (Å²) in [6.07, 6.45) is 2.28. The second-order valence-electron chi connectivity index (χ2n) is 3.91. The van der Waals surface area contributed by atoms with Gasteiger partial charge in [0.1, 0.15) is 12.1 Å². The summed E-state index contributed by atoms with van der Waals surface area (Å²) < 4.78 is 10.9. The van der Waals surface area contributed by atoms with Crippen LogP contribution in [0.3, 0.4) is 0 Å². The molecule has 100 valence electrons. The van der Waals surface area contributed by atoms with Crippen LogP contribution < -0.4 is 15.2 Å². The van der Waals surface area contributed by atoms with Gasteiger partial charge in [-0.05, 0) is 37.6 Å². The van der Waals surface area contributed by atoms with E-state index in [1.165, 1.54) is 11.9 Å². The number of nitrogens with two attached hydrogens (primary N) is 1. The maximum absolute atomic E-state index is 5.64. The number of hydrogen-bond donors (Lipinski definition) is 1. The summed E-state index contributed by atoms with van der Waals surface area (Å²) >= 11 is 0. The molecule has 0 bridgehead atoms. The fraction of sp³-hybridized carbons (Fsp3) is 0.286. The van der Waals surface area contributed by atoms with E-state index in [9.17, 15) is 0 Å². The smallest absolute Gasteiger partial charge is 0.226 e. The van der Waals surface area contributed by atoms with Crippen LogP contribution in [0.2, 0.25) is 0 Å². The topological polar surface area (TPSA) is 70.3 Å². The van der Waals surface area contributed by atoms with Gasteiger partial charge in [0.25, 0.3) is 0 Å². The molecule has 0 aliphatic rings. The number of aromatic nitrogens is 2. The fourth-order valence-corrected chi connectivity index (χ4v) is 1.62. The van der Waals surface area contributed by atoms with E-state index in [-0.39, 0.29) is 0 Å². The average Bonchev–Trinajstić information content (AvgIpc) is 2.42. The zero-order valence-electron chi connectivity index (χ0n) is 10.9. The van der Waals surface area contributed by atoms with Gasteiger partial charge < -0.3 is 15.2 Å².